The van der Waals surface area contributed by atoms with Gasteiger partial charge in [-0.2, -0.15) is 0 Å². The van der Waals surface area contributed by atoms with Gasteiger partial charge in [-0.1, -0.05) is 13.0 Å². The zero-order valence-electron chi connectivity index (χ0n) is 14.7. The first-order valence-electron chi connectivity index (χ1n) is 8.43. The summed E-state index contributed by atoms with van der Waals surface area (Å²) in [7, 11) is 0. The van der Waals surface area contributed by atoms with Crippen molar-refractivity contribution in [3.05, 3.63) is 60.0 Å². The van der Waals surface area contributed by atoms with Gasteiger partial charge in [0.25, 0.3) is 5.91 Å². The smallest absolute Gasteiger partial charge is 0.258 e. The number of hydrogen-bond acceptors (Lipinski definition) is 5. The van der Waals surface area contributed by atoms with Crippen molar-refractivity contribution in [2.45, 2.75) is 26.3 Å². The molecule has 2 aromatic heterocycles. The van der Waals surface area contributed by atoms with Gasteiger partial charge in [0.05, 0.1) is 6.04 Å². The minimum atomic E-state index is -0.312. The molecule has 0 spiro atoms. The Morgan fingerprint density at radius 1 is 1.15 bits per heavy atom. The number of aromatic nitrogens is 3. The molecule has 3 aromatic rings. The molecule has 1 N–H and O–H groups in total. The number of carbonyl (C=O) groups excluding carboxylic acids is 2. The van der Waals surface area contributed by atoms with E-state index in [9.17, 15) is 9.59 Å². The maximum atomic E-state index is 12.1. The van der Waals surface area contributed by atoms with E-state index >= 15 is 0 Å². The number of amides is 1. The van der Waals surface area contributed by atoms with Gasteiger partial charge in [-0.25, -0.2) is 0 Å². The minimum absolute atomic E-state index is 0.0728. The summed E-state index contributed by atoms with van der Waals surface area (Å²) in [6, 6.07) is 12.1. The maximum Gasteiger partial charge on any atom is 0.258 e. The van der Waals surface area contributed by atoms with E-state index in [0.29, 0.717) is 23.6 Å². The molecule has 0 aliphatic rings. The van der Waals surface area contributed by atoms with Gasteiger partial charge < -0.3 is 10.1 Å². The van der Waals surface area contributed by atoms with Crippen molar-refractivity contribution in [3.63, 3.8) is 0 Å². The van der Waals surface area contributed by atoms with E-state index in [1.54, 1.807) is 24.3 Å². The van der Waals surface area contributed by atoms with Gasteiger partial charge in [0.1, 0.15) is 5.75 Å². The average Bonchev–Trinajstić information content (AvgIpc) is 3.10. The summed E-state index contributed by atoms with van der Waals surface area (Å²) >= 11 is 0. The van der Waals surface area contributed by atoms with Crippen LogP contribution in [0.3, 0.4) is 0 Å². The van der Waals surface area contributed by atoms with Crippen LogP contribution < -0.4 is 10.1 Å². The van der Waals surface area contributed by atoms with Crippen LogP contribution in [-0.4, -0.2) is 32.9 Å². The Hall–Kier alpha value is -3.22. The Morgan fingerprint density at radius 2 is 1.92 bits per heavy atom. The molecule has 7 heteroatoms. The van der Waals surface area contributed by atoms with Crippen molar-refractivity contribution >= 4 is 17.3 Å². The quantitative estimate of drug-likeness (QED) is 0.661. The molecule has 0 fully saturated rings. The third kappa shape index (κ3) is 3.88. The summed E-state index contributed by atoms with van der Waals surface area (Å²) in [5, 5.41) is 11.0. The van der Waals surface area contributed by atoms with E-state index in [2.05, 4.69) is 15.5 Å². The normalized spacial score (nSPS) is 11.9. The second-order valence-corrected chi connectivity index (χ2v) is 5.87. The van der Waals surface area contributed by atoms with Crippen LogP contribution in [0.2, 0.25) is 0 Å². The molecule has 1 atom stereocenters. The highest BCUT2D eigenvalue weighted by atomic mass is 16.5. The summed E-state index contributed by atoms with van der Waals surface area (Å²) < 4.78 is 7.30. The lowest BCUT2D eigenvalue weighted by Gasteiger charge is -2.13. The van der Waals surface area contributed by atoms with Gasteiger partial charge in [-0.3, -0.25) is 14.0 Å². The molecule has 3 rings (SSSR count). The number of rotatable bonds is 7. The highest BCUT2D eigenvalue weighted by molar-refractivity contribution is 5.95. The van der Waals surface area contributed by atoms with Gasteiger partial charge in [-0.15, -0.1) is 10.2 Å². The number of Topliss-reactive ketones (excluding diaryl/α,β-unsaturated/α-hetero) is 1. The first-order chi connectivity index (χ1) is 12.6. The molecule has 134 valence electrons. The molecular formula is C19H20N4O3. The first kappa shape index (κ1) is 17.6. The Balaban J connectivity index is 1.56. The fourth-order valence-electron chi connectivity index (χ4n) is 2.59. The molecule has 0 aliphatic carbocycles. The average molecular weight is 352 g/mol. The molecule has 0 bridgehead atoms. The summed E-state index contributed by atoms with van der Waals surface area (Å²) in [5.41, 5.74) is 1.36. The number of pyridine rings is 1. The van der Waals surface area contributed by atoms with Crippen LogP contribution in [0.15, 0.2) is 48.7 Å². The zero-order valence-corrected chi connectivity index (χ0v) is 14.7. The van der Waals surface area contributed by atoms with Crippen LogP contribution in [-0.2, 0) is 4.79 Å². The van der Waals surface area contributed by atoms with Crippen LogP contribution in [0.5, 0.6) is 5.75 Å². The molecule has 7 nitrogen and oxygen atoms in total. The lowest BCUT2D eigenvalue weighted by Crippen LogP contribution is -2.32. The van der Waals surface area contributed by atoms with Crippen LogP contribution >= 0.6 is 0 Å². The van der Waals surface area contributed by atoms with Crippen molar-refractivity contribution in [2.24, 2.45) is 0 Å². The molecular weight excluding hydrogens is 332 g/mol. The predicted octanol–water partition coefficient (Wildman–Crippen LogP) is 2.58. The van der Waals surface area contributed by atoms with Gasteiger partial charge in [0.15, 0.2) is 23.9 Å². The number of benzene rings is 1. The number of ketones is 1. The topological polar surface area (TPSA) is 85.6 Å². The van der Waals surface area contributed by atoms with Gasteiger partial charge >= 0.3 is 0 Å². The highest BCUT2D eigenvalue weighted by Crippen LogP contribution is 2.14. The fraction of sp³-hybridized carbons (Fsp3) is 0.263. The van der Waals surface area contributed by atoms with E-state index < -0.39 is 0 Å². The SMILES string of the molecule is CCC(=O)c1ccc(OCC(=O)NC(C)c2nnc3ccccn23)cc1. The van der Waals surface area contributed by atoms with Crippen LogP contribution in [0, 0.1) is 0 Å². The van der Waals surface area contributed by atoms with E-state index in [1.807, 2.05) is 42.6 Å². The summed E-state index contributed by atoms with van der Waals surface area (Å²) in [6.07, 6.45) is 2.31. The molecule has 0 saturated heterocycles. The summed E-state index contributed by atoms with van der Waals surface area (Å²) in [6.45, 7) is 3.53. The van der Waals surface area contributed by atoms with E-state index in [4.69, 9.17) is 4.74 Å². The number of nitrogens with one attached hydrogen (secondary N) is 1. The molecule has 1 unspecified atom stereocenters. The van der Waals surface area contributed by atoms with Crippen molar-refractivity contribution in [1.82, 2.24) is 19.9 Å². The molecule has 1 amide bonds. The lowest BCUT2D eigenvalue weighted by molar-refractivity contribution is -0.123. The predicted molar refractivity (Wildman–Crippen MR) is 96.1 cm³/mol. The molecule has 1 aromatic carbocycles. The fourth-order valence-corrected chi connectivity index (χ4v) is 2.59. The zero-order chi connectivity index (χ0) is 18.5. The number of carbonyl (C=O) groups is 2. The first-order valence-corrected chi connectivity index (χ1v) is 8.43. The third-order valence-corrected chi connectivity index (χ3v) is 3.97. The number of fused-ring (bicyclic) bond motifs is 1. The van der Waals surface area contributed by atoms with Gasteiger partial charge in [0.2, 0.25) is 0 Å². The maximum absolute atomic E-state index is 12.1. The molecule has 0 saturated carbocycles. The number of ether oxygens (including phenoxy) is 1. The van der Waals surface area contributed by atoms with Crippen molar-refractivity contribution < 1.29 is 14.3 Å². The monoisotopic (exact) mass is 352 g/mol. The van der Waals surface area contributed by atoms with Crippen molar-refractivity contribution in [3.8, 4) is 5.75 Å². The number of nitrogens with zero attached hydrogens (tertiary/aromatic N) is 3. The molecule has 26 heavy (non-hydrogen) atoms. The van der Waals surface area contributed by atoms with Crippen LogP contribution in [0.1, 0.15) is 42.5 Å². The van der Waals surface area contributed by atoms with Crippen molar-refractivity contribution in [2.75, 3.05) is 6.61 Å². The van der Waals surface area contributed by atoms with E-state index in [-0.39, 0.29) is 24.3 Å². The van der Waals surface area contributed by atoms with Gasteiger partial charge in [-0.05, 0) is 43.3 Å². The van der Waals surface area contributed by atoms with E-state index in [1.165, 1.54) is 0 Å². The Bertz CT molecular complexity index is 918. The summed E-state index contributed by atoms with van der Waals surface area (Å²) in [5.74, 6) is 0.993. The minimum Gasteiger partial charge on any atom is -0.484 e. The van der Waals surface area contributed by atoms with Crippen LogP contribution in [0.25, 0.3) is 5.65 Å². The molecule has 0 radical (unpaired) electrons. The third-order valence-electron chi connectivity index (χ3n) is 3.97. The van der Waals surface area contributed by atoms with E-state index in [0.717, 1.165) is 5.65 Å². The highest BCUT2D eigenvalue weighted by Gasteiger charge is 2.16. The second-order valence-electron chi connectivity index (χ2n) is 5.87. The Labute approximate surface area is 151 Å². The Kier molecular flexibility index (Phi) is 5.26. The Morgan fingerprint density at radius 3 is 2.65 bits per heavy atom. The standard InChI is InChI=1S/C19H20N4O3/c1-3-16(24)14-7-9-15(10-8-14)26-12-18(25)20-13(2)19-22-21-17-6-4-5-11-23(17)19/h4-11,13H,3,12H2,1-2H3,(H,20,25). The summed E-state index contributed by atoms with van der Waals surface area (Å²) in [4.78, 5) is 23.7. The lowest BCUT2D eigenvalue weighted by atomic mass is 10.1. The van der Waals surface area contributed by atoms with Gasteiger partial charge in [0, 0.05) is 18.2 Å². The molecule has 0 aliphatic heterocycles. The second kappa shape index (κ2) is 7.77. The van der Waals surface area contributed by atoms with Crippen LogP contribution in [0.4, 0.5) is 0 Å². The van der Waals surface area contributed by atoms with Crippen molar-refractivity contribution in [1.29, 1.82) is 0 Å². The molecule has 2 heterocycles. The number of hydrogen-bond donors (Lipinski definition) is 1. The largest absolute Gasteiger partial charge is 0.484 e.